The quantitative estimate of drug-likeness (QED) is 0.877. The van der Waals surface area contributed by atoms with E-state index in [1.807, 2.05) is 0 Å². The lowest BCUT2D eigenvalue weighted by molar-refractivity contribution is 0.600. The summed E-state index contributed by atoms with van der Waals surface area (Å²) in [5.74, 6) is 0.160. The van der Waals surface area contributed by atoms with Crippen molar-refractivity contribution in [1.82, 2.24) is 10.2 Å². The molecule has 2 rings (SSSR count). The zero-order chi connectivity index (χ0) is 13.9. The number of nitrogens with two attached hydrogens (primary N) is 1. The highest BCUT2D eigenvalue weighted by atomic mass is 79.9. The van der Waals surface area contributed by atoms with Crippen LogP contribution in [0, 0.1) is 0 Å². The Morgan fingerprint density at radius 1 is 1.32 bits per heavy atom. The van der Waals surface area contributed by atoms with E-state index in [0.717, 1.165) is 5.56 Å². The molecule has 19 heavy (non-hydrogen) atoms. The van der Waals surface area contributed by atoms with Gasteiger partial charge in [-0.05, 0) is 45.8 Å². The van der Waals surface area contributed by atoms with Gasteiger partial charge in [0, 0.05) is 17.2 Å². The third-order valence-electron chi connectivity index (χ3n) is 2.33. The van der Waals surface area contributed by atoms with Crippen LogP contribution in [0.3, 0.4) is 0 Å². The van der Waals surface area contributed by atoms with Crippen molar-refractivity contribution in [3.8, 4) is 0 Å². The van der Waals surface area contributed by atoms with Gasteiger partial charge in [-0.25, -0.2) is 8.42 Å². The van der Waals surface area contributed by atoms with Crippen LogP contribution < -0.4 is 10.5 Å². The minimum absolute atomic E-state index is 0.112. The predicted molar refractivity (Wildman–Crippen MR) is 74.9 cm³/mol. The van der Waals surface area contributed by atoms with E-state index in [1.54, 1.807) is 18.2 Å². The largest absolute Gasteiger partial charge is 0.326 e. The normalized spacial score (nSPS) is 11.3. The Morgan fingerprint density at radius 2 is 2.11 bits per heavy atom. The number of nitrogens with zero attached hydrogens (tertiary/aromatic N) is 2. The molecule has 0 atom stereocenters. The SMILES string of the molecule is NCc1ccc(Br)c(S(=O)(=O)Nc2cccnn2)c1. The molecule has 0 aliphatic carbocycles. The number of anilines is 1. The van der Waals surface area contributed by atoms with Crippen molar-refractivity contribution in [2.45, 2.75) is 11.4 Å². The monoisotopic (exact) mass is 342 g/mol. The van der Waals surface area contributed by atoms with Gasteiger partial charge in [0.2, 0.25) is 0 Å². The van der Waals surface area contributed by atoms with Crippen molar-refractivity contribution in [1.29, 1.82) is 0 Å². The molecule has 1 aromatic carbocycles. The molecule has 1 heterocycles. The summed E-state index contributed by atoms with van der Waals surface area (Å²) < 4.78 is 27.3. The lowest BCUT2D eigenvalue weighted by Crippen LogP contribution is -2.15. The molecule has 2 aromatic rings. The highest BCUT2D eigenvalue weighted by molar-refractivity contribution is 9.10. The topological polar surface area (TPSA) is 98.0 Å². The second kappa shape index (κ2) is 5.64. The number of sulfonamides is 1. The van der Waals surface area contributed by atoms with Crippen LogP contribution in [-0.4, -0.2) is 18.6 Å². The third-order valence-corrected chi connectivity index (χ3v) is 4.68. The molecule has 100 valence electrons. The van der Waals surface area contributed by atoms with Gasteiger partial charge in [0.25, 0.3) is 10.0 Å². The van der Waals surface area contributed by atoms with Gasteiger partial charge in [-0.1, -0.05) is 6.07 Å². The minimum atomic E-state index is -3.73. The first-order valence-corrected chi connectivity index (χ1v) is 7.59. The molecule has 0 amide bonds. The molecule has 0 saturated carbocycles. The van der Waals surface area contributed by atoms with Crippen LogP contribution in [0.1, 0.15) is 5.56 Å². The highest BCUT2D eigenvalue weighted by Crippen LogP contribution is 2.24. The maximum absolute atomic E-state index is 12.2. The number of nitrogens with one attached hydrogen (secondary N) is 1. The number of halogens is 1. The Hall–Kier alpha value is -1.51. The average molecular weight is 343 g/mol. The Morgan fingerprint density at radius 3 is 2.74 bits per heavy atom. The Balaban J connectivity index is 2.39. The summed E-state index contributed by atoms with van der Waals surface area (Å²) in [4.78, 5) is 0.112. The van der Waals surface area contributed by atoms with E-state index in [9.17, 15) is 8.42 Å². The van der Waals surface area contributed by atoms with E-state index in [1.165, 1.54) is 18.3 Å². The molecule has 0 bridgehead atoms. The fraction of sp³-hybridized carbons (Fsp3) is 0.0909. The van der Waals surface area contributed by atoms with Crippen LogP contribution in [0.15, 0.2) is 45.9 Å². The fourth-order valence-corrected chi connectivity index (χ4v) is 3.44. The molecule has 0 fully saturated rings. The Labute approximate surface area is 119 Å². The van der Waals surface area contributed by atoms with Gasteiger partial charge in [0.05, 0.1) is 0 Å². The van der Waals surface area contributed by atoms with Crippen LogP contribution in [0.2, 0.25) is 0 Å². The lowest BCUT2D eigenvalue weighted by atomic mass is 10.2. The number of hydrogen-bond donors (Lipinski definition) is 2. The summed E-state index contributed by atoms with van der Waals surface area (Å²) in [7, 11) is -3.73. The van der Waals surface area contributed by atoms with Crippen molar-refractivity contribution >= 4 is 31.8 Å². The zero-order valence-electron chi connectivity index (χ0n) is 9.75. The van der Waals surface area contributed by atoms with Crippen LogP contribution >= 0.6 is 15.9 Å². The summed E-state index contributed by atoms with van der Waals surface area (Å²) in [5, 5.41) is 7.29. The van der Waals surface area contributed by atoms with Crippen LogP contribution in [0.25, 0.3) is 0 Å². The molecule has 0 aliphatic rings. The van der Waals surface area contributed by atoms with Crippen LogP contribution in [0.4, 0.5) is 5.82 Å². The number of aromatic nitrogens is 2. The van der Waals surface area contributed by atoms with Crippen molar-refractivity contribution in [2.24, 2.45) is 5.73 Å². The first-order chi connectivity index (χ1) is 9.03. The number of benzene rings is 1. The summed E-state index contributed by atoms with van der Waals surface area (Å²) in [6.07, 6.45) is 1.46. The molecular weight excluding hydrogens is 332 g/mol. The molecule has 0 unspecified atom stereocenters. The minimum Gasteiger partial charge on any atom is -0.326 e. The zero-order valence-corrected chi connectivity index (χ0v) is 12.1. The van der Waals surface area contributed by atoms with Crippen molar-refractivity contribution in [3.05, 3.63) is 46.6 Å². The molecule has 8 heteroatoms. The molecule has 0 spiro atoms. The molecule has 6 nitrogen and oxygen atoms in total. The van der Waals surface area contributed by atoms with Crippen molar-refractivity contribution < 1.29 is 8.42 Å². The molecule has 0 aliphatic heterocycles. The van der Waals surface area contributed by atoms with Gasteiger partial charge in [-0.2, -0.15) is 5.10 Å². The molecule has 0 radical (unpaired) electrons. The van der Waals surface area contributed by atoms with Gasteiger partial charge in [-0.15, -0.1) is 5.10 Å². The van der Waals surface area contributed by atoms with E-state index in [-0.39, 0.29) is 17.3 Å². The third kappa shape index (κ3) is 3.28. The molecular formula is C11H11BrN4O2S. The van der Waals surface area contributed by atoms with E-state index >= 15 is 0 Å². The highest BCUT2D eigenvalue weighted by Gasteiger charge is 2.18. The number of rotatable bonds is 4. The first-order valence-electron chi connectivity index (χ1n) is 5.32. The molecule has 1 aromatic heterocycles. The van der Waals surface area contributed by atoms with Gasteiger partial charge < -0.3 is 5.73 Å². The summed E-state index contributed by atoms with van der Waals surface area (Å²) in [6.45, 7) is 0.265. The van der Waals surface area contributed by atoms with Gasteiger partial charge in [-0.3, -0.25) is 4.72 Å². The second-order valence-corrected chi connectivity index (χ2v) is 6.19. The standard InChI is InChI=1S/C11H11BrN4O2S/c12-9-4-3-8(7-13)6-10(9)19(17,18)16-11-2-1-5-14-15-11/h1-6H,7,13H2,(H,15,16). The smallest absolute Gasteiger partial charge is 0.264 e. The Kier molecular flexibility index (Phi) is 4.13. The number of hydrogen-bond acceptors (Lipinski definition) is 5. The van der Waals surface area contributed by atoms with Crippen molar-refractivity contribution in [3.63, 3.8) is 0 Å². The maximum atomic E-state index is 12.2. The summed E-state index contributed by atoms with van der Waals surface area (Å²) in [5.41, 5.74) is 6.24. The van der Waals surface area contributed by atoms with Gasteiger partial charge in [0.1, 0.15) is 4.90 Å². The van der Waals surface area contributed by atoms with E-state index in [2.05, 4.69) is 30.8 Å². The fourth-order valence-electron chi connectivity index (χ4n) is 1.43. The molecule has 3 N–H and O–H groups in total. The van der Waals surface area contributed by atoms with Crippen molar-refractivity contribution in [2.75, 3.05) is 4.72 Å². The molecule has 0 saturated heterocycles. The van der Waals surface area contributed by atoms with Gasteiger partial charge in [0.15, 0.2) is 5.82 Å². The maximum Gasteiger partial charge on any atom is 0.264 e. The van der Waals surface area contributed by atoms with E-state index in [4.69, 9.17) is 5.73 Å². The summed E-state index contributed by atoms with van der Waals surface area (Å²) >= 11 is 3.21. The van der Waals surface area contributed by atoms with Gasteiger partial charge >= 0.3 is 0 Å². The second-order valence-electron chi connectivity index (χ2n) is 3.68. The summed E-state index contributed by atoms with van der Waals surface area (Å²) in [6, 6.07) is 8.03. The predicted octanol–water partition coefficient (Wildman–Crippen LogP) is 1.50. The van der Waals surface area contributed by atoms with Crippen LogP contribution in [0.5, 0.6) is 0 Å². The van der Waals surface area contributed by atoms with E-state index < -0.39 is 10.0 Å². The van der Waals surface area contributed by atoms with E-state index in [0.29, 0.717) is 4.47 Å². The first kappa shape index (κ1) is 13.9. The van der Waals surface area contributed by atoms with Crippen LogP contribution in [-0.2, 0) is 16.6 Å². The lowest BCUT2D eigenvalue weighted by Gasteiger charge is -2.09. The average Bonchev–Trinajstić information content (AvgIpc) is 2.39. The Bertz CT molecular complexity index is 676.